The standard InChI is InChI=1S/C18H16ClN3O4/c19-13-5-8-16(22(25)26)15(9-13)18(24)20-10-11-1-6-14(7-2-11)21-17(23)12-3-4-12/h1-2,5-9,12H,3-4,10H2,(H,20,24)(H,21,23). The summed E-state index contributed by atoms with van der Waals surface area (Å²) in [5, 5.41) is 16.8. The number of hydrogen-bond donors (Lipinski definition) is 2. The van der Waals surface area contributed by atoms with Crippen molar-refractivity contribution >= 4 is 34.8 Å². The summed E-state index contributed by atoms with van der Waals surface area (Å²) in [7, 11) is 0. The van der Waals surface area contributed by atoms with Crippen molar-refractivity contribution in [3.8, 4) is 0 Å². The van der Waals surface area contributed by atoms with E-state index in [9.17, 15) is 19.7 Å². The zero-order valence-corrected chi connectivity index (χ0v) is 14.5. The van der Waals surface area contributed by atoms with Crippen molar-refractivity contribution in [3.05, 3.63) is 68.7 Å². The van der Waals surface area contributed by atoms with Crippen molar-refractivity contribution < 1.29 is 14.5 Å². The van der Waals surface area contributed by atoms with Crippen LogP contribution >= 0.6 is 11.6 Å². The van der Waals surface area contributed by atoms with Crippen LogP contribution in [0.5, 0.6) is 0 Å². The molecule has 0 atom stereocenters. The van der Waals surface area contributed by atoms with E-state index in [-0.39, 0.29) is 34.6 Å². The van der Waals surface area contributed by atoms with Gasteiger partial charge in [-0.25, -0.2) is 0 Å². The van der Waals surface area contributed by atoms with Crippen molar-refractivity contribution in [2.24, 2.45) is 5.92 Å². The normalized spacial score (nSPS) is 13.1. The molecule has 1 fully saturated rings. The fourth-order valence-corrected chi connectivity index (χ4v) is 2.59. The number of rotatable bonds is 6. The maximum Gasteiger partial charge on any atom is 0.282 e. The smallest absolute Gasteiger partial charge is 0.282 e. The van der Waals surface area contributed by atoms with Crippen molar-refractivity contribution in [2.45, 2.75) is 19.4 Å². The Morgan fingerprint density at radius 2 is 1.85 bits per heavy atom. The number of nitrogens with one attached hydrogen (secondary N) is 2. The van der Waals surface area contributed by atoms with Crippen LogP contribution in [0.4, 0.5) is 11.4 Å². The van der Waals surface area contributed by atoms with Gasteiger partial charge in [0.25, 0.3) is 11.6 Å². The molecule has 1 aliphatic carbocycles. The molecule has 8 heteroatoms. The van der Waals surface area contributed by atoms with Crippen LogP contribution in [0, 0.1) is 16.0 Å². The lowest BCUT2D eigenvalue weighted by atomic mass is 10.1. The molecule has 0 unspecified atom stereocenters. The van der Waals surface area contributed by atoms with E-state index in [1.165, 1.54) is 18.2 Å². The van der Waals surface area contributed by atoms with E-state index in [0.717, 1.165) is 18.4 Å². The van der Waals surface area contributed by atoms with Gasteiger partial charge < -0.3 is 10.6 Å². The highest BCUT2D eigenvalue weighted by molar-refractivity contribution is 6.31. The van der Waals surface area contributed by atoms with Crippen LogP contribution in [0.25, 0.3) is 0 Å². The van der Waals surface area contributed by atoms with Crippen LogP contribution in [0.15, 0.2) is 42.5 Å². The third kappa shape index (κ3) is 4.37. The van der Waals surface area contributed by atoms with Gasteiger partial charge in [-0.15, -0.1) is 0 Å². The topological polar surface area (TPSA) is 101 Å². The Kier molecular flexibility index (Phi) is 5.18. The minimum absolute atomic E-state index is 0.0271. The molecule has 7 nitrogen and oxygen atoms in total. The van der Waals surface area contributed by atoms with Gasteiger partial charge in [0.05, 0.1) is 4.92 Å². The molecule has 0 saturated heterocycles. The zero-order chi connectivity index (χ0) is 18.7. The van der Waals surface area contributed by atoms with Gasteiger partial charge in [0.1, 0.15) is 5.56 Å². The second kappa shape index (κ2) is 7.53. The monoisotopic (exact) mass is 373 g/mol. The maximum absolute atomic E-state index is 12.3. The SMILES string of the molecule is O=C(NCc1ccc(NC(=O)C2CC2)cc1)c1cc(Cl)ccc1[N+](=O)[O-]. The van der Waals surface area contributed by atoms with Crippen LogP contribution in [-0.4, -0.2) is 16.7 Å². The maximum atomic E-state index is 12.3. The van der Waals surface area contributed by atoms with Crippen molar-refractivity contribution in [1.82, 2.24) is 5.32 Å². The number of nitro groups is 1. The highest BCUT2D eigenvalue weighted by Gasteiger charge is 2.29. The second-order valence-corrected chi connectivity index (χ2v) is 6.50. The molecule has 3 rings (SSSR count). The Bertz CT molecular complexity index is 863. The van der Waals surface area contributed by atoms with E-state index in [1.54, 1.807) is 24.3 Å². The van der Waals surface area contributed by atoms with Gasteiger partial charge in [0, 0.05) is 29.2 Å². The molecule has 0 bridgehead atoms. The molecule has 2 aromatic rings. The van der Waals surface area contributed by atoms with Gasteiger partial charge in [-0.2, -0.15) is 0 Å². The van der Waals surface area contributed by atoms with Gasteiger partial charge >= 0.3 is 0 Å². The number of benzene rings is 2. The first-order chi connectivity index (χ1) is 12.4. The molecule has 2 amide bonds. The summed E-state index contributed by atoms with van der Waals surface area (Å²) < 4.78 is 0. The minimum atomic E-state index is -0.622. The summed E-state index contributed by atoms with van der Waals surface area (Å²) in [4.78, 5) is 34.4. The molecular formula is C18H16ClN3O4. The van der Waals surface area contributed by atoms with Crippen molar-refractivity contribution in [2.75, 3.05) is 5.32 Å². The van der Waals surface area contributed by atoms with Crippen LogP contribution in [0.2, 0.25) is 5.02 Å². The summed E-state index contributed by atoms with van der Waals surface area (Å²) in [5.74, 6) is -0.424. The lowest BCUT2D eigenvalue weighted by molar-refractivity contribution is -0.385. The van der Waals surface area contributed by atoms with Gasteiger partial charge in [-0.3, -0.25) is 19.7 Å². The van der Waals surface area contributed by atoms with Crippen LogP contribution in [0.1, 0.15) is 28.8 Å². The molecule has 0 spiro atoms. The summed E-state index contributed by atoms with van der Waals surface area (Å²) >= 11 is 5.83. The predicted molar refractivity (Wildman–Crippen MR) is 97.1 cm³/mol. The molecule has 26 heavy (non-hydrogen) atoms. The van der Waals surface area contributed by atoms with Crippen LogP contribution in [-0.2, 0) is 11.3 Å². The molecule has 134 valence electrons. The fraction of sp³-hybridized carbons (Fsp3) is 0.222. The Morgan fingerprint density at radius 1 is 1.15 bits per heavy atom. The van der Waals surface area contributed by atoms with E-state index < -0.39 is 10.8 Å². The highest BCUT2D eigenvalue weighted by Crippen LogP contribution is 2.30. The van der Waals surface area contributed by atoms with Gasteiger partial charge in [-0.1, -0.05) is 23.7 Å². The van der Waals surface area contributed by atoms with Gasteiger partial charge in [-0.05, 0) is 42.7 Å². The average Bonchev–Trinajstić information content (AvgIpc) is 3.45. The fourth-order valence-electron chi connectivity index (χ4n) is 2.42. The quantitative estimate of drug-likeness (QED) is 0.597. The third-order valence-corrected chi connectivity index (χ3v) is 4.26. The van der Waals surface area contributed by atoms with E-state index in [0.29, 0.717) is 5.69 Å². The number of carbonyl (C=O) groups excluding carboxylic acids is 2. The van der Waals surface area contributed by atoms with E-state index in [4.69, 9.17) is 11.6 Å². The second-order valence-electron chi connectivity index (χ2n) is 6.06. The largest absolute Gasteiger partial charge is 0.348 e. The number of nitro benzene ring substituents is 1. The molecule has 2 N–H and O–H groups in total. The summed E-state index contributed by atoms with van der Waals surface area (Å²) in [5.41, 5.74) is 1.11. The van der Waals surface area contributed by atoms with E-state index in [2.05, 4.69) is 10.6 Å². The highest BCUT2D eigenvalue weighted by atomic mass is 35.5. The average molecular weight is 374 g/mol. The van der Waals surface area contributed by atoms with Crippen molar-refractivity contribution in [3.63, 3.8) is 0 Å². The number of anilines is 1. The number of nitrogens with zero attached hydrogens (tertiary/aromatic N) is 1. The molecule has 0 heterocycles. The molecule has 0 aromatic heterocycles. The van der Waals surface area contributed by atoms with Gasteiger partial charge in [0.2, 0.25) is 5.91 Å². The van der Waals surface area contributed by atoms with Crippen LogP contribution < -0.4 is 10.6 Å². The number of carbonyl (C=O) groups is 2. The molecule has 1 saturated carbocycles. The molecular weight excluding hydrogens is 358 g/mol. The Balaban J connectivity index is 1.61. The Hall–Kier alpha value is -2.93. The van der Waals surface area contributed by atoms with E-state index >= 15 is 0 Å². The lowest BCUT2D eigenvalue weighted by Crippen LogP contribution is -2.23. The molecule has 0 radical (unpaired) electrons. The number of halogens is 1. The number of amides is 2. The molecule has 2 aromatic carbocycles. The third-order valence-electron chi connectivity index (χ3n) is 4.02. The lowest BCUT2D eigenvalue weighted by Gasteiger charge is -2.08. The number of hydrogen-bond acceptors (Lipinski definition) is 4. The Morgan fingerprint density at radius 3 is 2.46 bits per heavy atom. The first-order valence-electron chi connectivity index (χ1n) is 8.06. The molecule has 1 aliphatic rings. The first-order valence-corrected chi connectivity index (χ1v) is 8.44. The molecule has 0 aliphatic heterocycles. The first kappa shape index (κ1) is 17.9. The van der Waals surface area contributed by atoms with Gasteiger partial charge in [0.15, 0.2) is 0 Å². The summed E-state index contributed by atoms with van der Waals surface area (Å²) in [6.45, 7) is 0.194. The predicted octanol–water partition coefficient (Wildman–Crippen LogP) is 3.53. The summed E-state index contributed by atoms with van der Waals surface area (Å²) in [6.07, 6.45) is 1.87. The summed E-state index contributed by atoms with van der Waals surface area (Å²) in [6, 6.07) is 10.9. The Labute approximate surface area is 154 Å². The van der Waals surface area contributed by atoms with Crippen LogP contribution in [0.3, 0.4) is 0 Å². The van der Waals surface area contributed by atoms with E-state index in [1.807, 2.05) is 0 Å². The minimum Gasteiger partial charge on any atom is -0.348 e. The zero-order valence-electron chi connectivity index (χ0n) is 13.7. The van der Waals surface area contributed by atoms with Crippen molar-refractivity contribution in [1.29, 1.82) is 0 Å².